The molecule has 0 spiro atoms. The third-order valence-corrected chi connectivity index (χ3v) is 4.94. The van der Waals surface area contributed by atoms with Crippen molar-refractivity contribution in [3.63, 3.8) is 0 Å². The molecule has 2 heteroatoms. The minimum atomic E-state index is -0.606. The van der Waals surface area contributed by atoms with Gasteiger partial charge in [0.25, 0.3) is 0 Å². The second-order valence-electron chi connectivity index (χ2n) is 6.17. The predicted molar refractivity (Wildman–Crippen MR) is 78.2 cm³/mol. The SMILES string of the molecule is CCCc1ccc(C2(O)CCN3CCCCC32)cc1. The van der Waals surface area contributed by atoms with Crippen LogP contribution in [-0.4, -0.2) is 29.1 Å². The van der Waals surface area contributed by atoms with Gasteiger partial charge in [-0.2, -0.15) is 0 Å². The fourth-order valence-electron chi connectivity index (χ4n) is 3.87. The van der Waals surface area contributed by atoms with Crippen LogP contribution in [0.3, 0.4) is 0 Å². The van der Waals surface area contributed by atoms with Crippen LogP contribution < -0.4 is 0 Å². The molecule has 2 unspecified atom stereocenters. The Hall–Kier alpha value is -0.860. The van der Waals surface area contributed by atoms with Crippen molar-refractivity contribution in [3.05, 3.63) is 35.4 Å². The molecule has 0 bridgehead atoms. The van der Waals surface area contributed by atoms with Crippen LogP contribution >= 0.6 is 0 Å². The summed E-state index contributed by atoms with van der Waals surface area (Å²) in [6.45, 7) is 4.43. The monoisotopic (exact) mass is 259 g/mol. The first-order valence-electron chi connectivity index (χ1n) is 7.80. The summed E-state index contributed by atoms with van der Waals surface area (Å²) < 4.78 is 0. The van der Waals surface area contributed by atoms with E-state index in [1.807, 2.05) is 0 Å². The molecule has 1 N–H and O–H groups in total. The van der Waals surface area contributed by atoms with E-state index in [0.29, 0.717) is 6.04 Å². The number of aryl methyl sites for hydroxylation is 1. The summed E-state index contributed by atoms with van der Waals surface area (Å²) in [5, 5.41) is 11.1. The normalized spacial score (nSPS) is 31.4. The summed E-state index contributed by atoms with van der Waals surface area (Å²) in [7, 11) is 0. The topological polar surface area (TPSA) is 23.5 Å². The van der Waals surface area contributed by atoms with Crippen molar-refractivity contribution in [1.29, 1.82) is 0 Å². The average Bonchev–Trinajstić information content (AvgIpc) is 2.80. The minimum absolute atomic E-state index is 0.346. The number of hydrogen-bond acceptors (Lipinski definition) is 2. The van der Waals surface area contributed by atoms with Crippen molar-refractivity contribution in [3.8, 4) is 0 Å². The first-order chi connectivity index (χ1) is 9.24. The summed E-state index contributed by atoms with van der Waals surface area (Å²) >= 11 is 0. The number of hydrogen-bond donors (Lipinski definition) is 1. The molecule has 1 aromatic rings. The van der Waals surface area contributed by atoms with E-state index in [1.54, 1.807) is 0 Å². The van der Waals surface area contributed by atoms with Crippen molar-refractivity contribution < 1.29 is 5.11 Å². The van der Waals surface area contributed by atoms with Crippen LogP contribution in [0.1, 0.15) is 50.2 Å². The maximum atomic E-state index is 11.1. The van der Waals surface area contributed by atoms with E-state index < -0.39 is 5.60 Å². The van der Waals surface area contributed by atoms with Crippen LogP contribution in [0.2, 0.25) is 0 Å². The maximum Gasteiger partial charge on any atom is 0.106 e. The highest BCUT2D eigenvalue weighted by Gasteiger charge is 2.47. The first kappa shape index (κ1) is 13.1. The van der Waals surface area contributed by atoms with Crippen molar-refractivity contribution in [2.45, 2.75) is 57.1 Å². The zero-order chi connectivity index (χ0) is 13.3. The molecule has 104 valence electrons. The van der Waals surface area contributed by atoms with E-state index in [2.05, 4.69) is 36.1 Å². The summed E-state index contributed by atoms with van der Waals surface area (Å²) in [5.74, 6) is 0. The Morgan fingerprint density at radius 2 is 2.00 bits per heavy atom. The molecule has 2 atom stereocenters. The molecule has 19 heavy (non-hydrogen) atoms. The molecule has 2 aliphatic heterocycles. The van der Waals surface area contributed by atoms with Crippen molar-refractivity contribution in [2.75, 3.05) is 13.1 Å². The number of rotatable bonds is 3. The van der Waals surface area contributed by atoms with Crippen molar-refractivity contribution in [1.82, 2.24) is 4.90 Å². The molecule has 2 saturated heterocycles. The number of piperidine rings is 1. The second-order valence-corrected chi connectivity index (χ2v) is 6.17. The average molecular weight is 259 g/mol. The Kier molecular flexibility index (Phi) is 3.64. The van der Waals surface area contributed by atoms with Crippen LogP contribution in [0.15, 0.2) is 24.3 Å². The van der Waals surface area contributed by atoms with E-state index in [9.17, 15) is 5.11 Å². The Labute approximate surface area is 116 Å². The number of fused-ring (bicyclic) bond motifs is 1. The molecule has 0 saturated carbocycles. The summed E-state index contributed by atoms with van der Waals surface area (Å²) in [6, 6.07) is 9.05. The van der Waals surface area contributed by atoms with Gasteiger partial charge in [0.05, 0.1) is 0 Å². The Bertz CT molecular complexity index is 427. The summed E-state index contributed by atoms with van der Waals surface area (Å²) in [4.78, 5) is 2.49. The summed E-state index contributed by atoms with van der Waals surface area (Å²) in [5.41, 5.74) is 1.90. The molecule has 2 nitrogen and oxygen atoms in total. The van der Waals surface area contributed by atoms with E-state index in [1.165, 1.54) is 31.4 Å². The third-order valence-electron chi connectivity index (χ3n) is 4.94. The first-order valence-corrected chi connectivity index (χ1v) is 7.80. The molecule has 0 amide bonds. The molecule has 2 fully saturated rings. The van der Waals surface area contributed by atoms with Crippen LogP contribution in [0.5, 0.6) is 0 Å². The molecular weight excluding hydrogens is 234 g/mol. The molecular formula is C17H25NO. The van der Waals surface area contributed by atoms with Crippen molar-refractivity contribution in [2.24, 2.45) is 0 Å². The van der Waals surface area contributed by atoms with Gasteiger partial charge >= 0.3 is 0 Å². The summed E-state index contributed by atoms with van der Waals surface area (Å²) in [6.07, 6.45) is 6.91. The van der Waals surface area contributed by atoms with Gasteiger partial charge in [0.15, 0.2) is 0 Å². The van der Waals surface area contributed by atoms with Gasteiger partial charge in [-0.3, -0.25) is 4.90 Å². The smallest absolute Gasteiger partial charge is 0.106 e. The van der Waals surface area contributed by atoms with Gasteiger partial charge < -0.3 is 5.11 Å². The molecule has 3 rings (SSSR count). The zero-order valence-electron chi connectivity index (χ0n) is 11.9. The van der Waals surface area contributed by atoms with Gasteiger partial charge in [-0.05, 0) is 43.4 Å². The number of aliphatic hydroxyl groups is 1. The Morgan fingerprint density at radius 3 is 2.74 bits per heavy atom. The van der Waals surface area contributed by atoms with Gasteiger partial charge in [-0.15, -0.1) is 0 Å². The van der Waals surface area contributed by atoms with E-state index in [4.69, 9.17) is 0 Å². The van der Waals surface area contributed by atoms with Crippen LogP contribution in [0.25, 0.3) is 0 Å². The van der Waals surface area contributed by atoms with E-state index >= 15 is 0 Å². The fourth-order valence-corrected chi connectivity index (χ4v) is 3.87. The molecule has 2 heterocycles. The third kappa shape index (κ3) is 2.32. The lowest BCUT2D eigenvalue weighted by Gasteiger charge is -2.37. The quantitative estimate of drug-likeness (QED) is 0.901. The van der Waals surface area contributed by atoms with Gasteiger partial charge in [0.1, 0.15) is 5.60 Å². The van der Waals surface area contributed by atoms with E-state index in [-0.39, 0.29) is 0 Å². The Balaban J connectivity index is 1.83. The molecule has 1 aromatic carbocycles. The standard InChI is InChI=1S/C17H25NO/c1-2-5-14-7-9-15(10-8-14)17(19)11-13-18-12-4-3-6-16(17)18/h7-10,16,19H,2-6,11-13H2,1H3. The fraction of sp³-hybridized carbons (Fsp3) is 0.647. The lowest BCUT2D eigenvalue weighted by molar-refractivity contribution is -0.0138. The van der Waals surface area contributed by atoms with Gasteiger partial charge in [0.2, 0.25) is 0 Å². The highest BCUT2D eigenvalue weighted by atomic mass is 16.3. The molecule has 2 aliphatic rings. The highest BCUT2D eigenvalue weighted by Crippen LogP contribution is 2.42. The van der Waals surface area contributed by atoms with Crippen LogP contribution in [0, 0.1) is 0 Å². The largest absolute Gasteiger partial charge is 0.383 e. The van der Waals surface area contributed by atoms with Crippen LogP contribution in [-0.2, 0) is 12.0 Å². The predicted octanol–water partition coefficient (Wildman–Crippen LogP) is 3.08. The minimum Gasteiger partial charge on any atom is -0.383 e. The second kappa shape index (κ2) is 5.26. The lowest BCUT2D eigenvalue weighted by atomic mass is 9.82. The Morgan fingerprint density at radius 1 is 1.21 bits per heavy atom. The van der Waals surface area contributed by atoms with Crippen LogP contribution in [0.4, 0.5) is 0 Å². The van der Waals surface area contributed by atoms with Gasteiger partial charge in [-0.25, -0.2) is 0 Å². The van der Waals surface area contributed by atoms with Crippen molar-refractivity contribution >= 4 is 0 Å². The molecule has 0 radical (unpaired) electrons. The van der Waals surface area contributed by atoms with Gasteiger partial charge in [0, 0.05) is 12.6 Å². The maximum absolute atomic E-state index is 11.1. The van der Waals surface area contributed by atoms with Gasteiger partial charge in [-0.1, -0.05) is 44.0 Å². The lowest BCUT2D eigenvalue weighted by Crippen LogP contribution is -2.45. The molecule has 0 aliphatic carbocycles. The zero-order valence-corrected chi connectivity index (χ0v) is 11.9. The highest BCUT2D eigenvalue weighted by molar-refractivity contribution is 5.30. The number of nitrogens with zero attached hydrogens (tertiary/aromatic N) is 1. The van der Waals surface area contributed by atoms with E-state index in [0.717, 1.165) is 31.4 Å². The number of benzene rings is 1. The molecule has 0 aromatic heterocycles.